The van der Waals surface area contributed by atoms with Crippen LogP contribution in [0.25, 0.3) is 0 Å². The van der Waals surface area contributed by atoms with E-state index >= 15 is 0 Å². The Bertz CT molecular complexity index is 746. The second-order valence-electron chi connectivity index (χ2n) is 3.78. The third-order valence-electron chi connectivity index (χ3n) is 2.37. The van der Waals surface area contributed by atoms with Crippen molar-refractivity contribution >= 4 is 47.6 Å². The van der Waals surface area contributed by atoms with Gasteiger partial charge >= 0.3 is 0 Å². The van der Waals surface area contributed by atoms with E-state index in [0.29, 0.717) is 10.2 Å². The van der Waals surface area contributed by atoms with Gasteiger partial charge < -0.3 is 10.2 Å². The molecule has 0 aliphatic rings. The molecule has 1 heterocycles. The summed E-state index contributed by atoms with van der Waals surface area (Å²) in [5.41, 5.74) is 5.21. The average Bonchev–Trinajstić information content (AvgIpc) is 2.76. The van der Waals surface area contributed by atoms with Crippen LogP contribution in [-0.4, -0.2) is 8.42 Å². The Morgan fingerprint density at radius 1 is 1.30 bits per heavy atom. The second kappa shape index (κ2) is 5.84. The van der Waals surface area contributed by atoms with Gasteiger partial charge in [-0.05, 0) is 34.1 Å². The monoisotopic (exact) mass is 426 g/mol. The van der Waals surface area contributed by atoms with Crippen LogP contribution in [0.15, 0.2) is 42.7 Å². The van der Waals surface area contributed by atoms with Crippen molar-refractivity contribution in [2.24, 2.45) is 5.73 Å². The second-order valence-corrected chi connectivity index (χ2v) is 7.07. The van der Waals surface area contributed by atoms with Crippen LogP contribution in [0.1, 0.15) is 5.76 Å². The highest BCUT2D eigenvalue weighted by atomic mass is 79.9. The maximum atomic E-state index is 13.6. The van der Waals surface area contributed by atoms with Gasteiger partial charge in [0.25, 0.3) is 10.0 Å². The van der Waals surface area contributed by atoms with Crippen molar-refractivity contribution in [3.63, 3.8) is 0 Å². The molecule has 0 aliphatic carbocycles. The fourth-order valence-electron chi connectivity index (χ4n) is 1.46. The first-order valence-corrected chi connectivity index (χ1v) is 8.36. The topological polar surface area (TPSA) is 85.3 Å². The predicted molar refractivity (Wildman–Crippen MR) is 79.2 cm³/mol. The number of furan rings is 1. The lowest BCUT2D eigenvalue weighted by Crippen LogP contribution is -2.13. The van der Waals surface area contributed by atoms with Gasteiger partial charge in [-0.15, -0.1) is 0 Å². The third-order valence-corrected chi connectivity index (χ3v) is 5.09. The first kappa shape index (κ1) is 15.5. The molecule has 5 nitrogen and oxygen atoms in total. The zero-order chi connectivity index (χ0) is 14.9. The smallest absolute Gasteiger partial charge is 0.266 e. The minimum atomic E-state index is -3.98. The molecule has 0 bridgehead atoms. The molecule has 20 heavy (non-hydrogen) atoms. The van der Waals surface area contributed by atoms with Crippen molar-refractivity contribution in [3.8, 4) is 0 Å². The molecule has 0 aliphatic heterocycles. The van der Waals surface area contributed by atoms with Gasteiger partial charge in [0.1, 0.15) is 16.5 Å². The first-order valence-electron chi connectivity index (χ1n) is 5.29. The van der Waals surface area contributed by atoms with Crippen LogP contribution in [0, 0.1) is 5.82 Å². The molecule has 0 amide bonds. The fourth-order valence-corrected chi connectivity index (χ4v) is 3.88. The van der Waals surface area contributed by atoms with Gasteiger partial charge in [0, 0.05) is 10.5 Å². The fraction of sp³-hybridized carbons (Fsp3) is 0.0909. The lowest BCUT2D eigenvalue weighted by atomic mass is 10.3. The molecule has 0 fully saturated rings. The van der Waals surface area contributed by atoms with Gasteiger partial charge in [0.05, 0.1) is 12.2 Å². The van der Waals surface area contributed by atoms with E-state index in [4.69, 9.17) is 10.2 Å². The Morgan fingerprint density at radius 3 is 2.60 bits per heavy atom. The molecule has 1 aromatic heterocycles. The van der Waals surface area contributed by atoms with Gasteiger partial charge in [-0.1, -0.05) is 15.9 Å². The number of rotatable bonds is 4. The van der Waals surface area contributed by atoms with E-state index in [1.54, 1.807) is 0 Å². The third kappa shape index (κ3) is 3.22. The van der Waals surface area contributed by atoms with Crippen molar-refractivity contribution in [1.29, 1.82) is 0 Å². The zero-order valence-corrected chi connectivity index (χ0v) is 13.8. The summed E-state index contributed by atoms with van der Waals surface area (Å²) in [4.78, 5) is -0.141. The maximum Gasteiger partial charge on any atom is 0.266 e. The highest BCUT2D eigenvalue weighted by molar-refractivity contribution is 9.10. The van der Waals surface area contributed by atoms with E-state index in [1.165, 1.54) is 18.2 Å². The van der Waals surface area contributed by atoms with Crippen molar-refractivity contribution < 1.29 is 17.2 Å². The van der Waals surface area contributed by atoms with Gasteiger partial charge in [0.2, 0.25) is 0 Å². The minimum absolute atomic E-state index is 0.0147. The summed E-state index contributed by atoms with van der Waals surface area (Å²) in [7, 11) is -3.98. The van der Waals surface area contributed by atoms with E-state index in [-0.39, 0.29) is 21.8 Å². The van der Waals surface area contributed by atoms with E-state index in [0.717, 1.165) is 6.07 Å². The SMILES string of the molecule is NCc1cc(S(=O)(=O)Nc2cc(Br)ccc2F)c(Br)o1. The van der Waals surface area contributed by atoms with Gasteiger partial charge in [-0.3, -0.25) is 4.72 Å². The Hall–Kier alpha value is -0.900. The molecule has 3 N–H and O–H groups in total. The molecule has 1 aromatic carbocycles. The van der Waals surface area contributed by atoms with Gasteiger partial charge in [-0.25, -0.2) is 12.8 Å². The number of hydrogen-bond acceptors (Lipinski definition) is 4. The summed E-state index contributed by atoms with van der Waals surface area (Å²) in [5, 5.41) is 0. The zero-order valence-electron chi connectivity index (χ0n) is 9.86. The maximum absolute atomic E-state index is 13.6. The lowest BCUT2D eigenvalue weighted by Gasteiger charge is -2.08. The van der Waals surface area contributed by atoms with E-state index < -0.39 is 15.8 Å². The Labute approximate surface area is 131 Å². The molecule has 0 saturated heterocycles. The average molecular weight is 428 g/mol. The molecule has 0 atom stereocenters. The number of benzene rings is 1. The van der Waals surface area contributed by atoms with Crippen LogP contribution in [0.4, 0.5) is 10.1 Å². The van der Waals surface area contributed by atoms with Crippen LogP contribution in [-0.2, 0) is 16.6 Å². The Morgan fingerprint density at radius 2 is 2.00 bits per heavy atom. The Balaban J connectivity index is 2.40. The molecule has 0 unspecified atom stereocenters. The van der Waals surface area contributed by atoms with E-state index in [2.05, 4.69) is 36.6 Å². The van der Waals surface area contributed by atoms with Crippen LogP contribution >= 0.6 is 31.9 Å². The van der Waals surface area contributed by atoms with E-state index in [1.807, 2.05) is 0 Å². The lowest BCUT2D eigenvalue weighted by molar-refractivity contribution is 0.484. The molecule has 108 valence electrons. The molecule has 0 radical (unpaired) electrons. The molecule has 0 saturated carbocycles. The van der Waals surface area contributed by atoms with Gasteiger partial charge in [-0.2, -0.15) is 0 Å². The van der Waals surface area contributed by atoms with Crippen molar-refractivity contribution in [2.45, 2.75) is 11.4 Å². The summed E-state index contributed by atoms with van der Waals surface area (Å²) in [5.74, 6) is -0.387. The summed E-state index contributed by atoms with van der Waals surface area (Å²) >= 11 is 6.14. The van der Waals surface area contributed by atoms with Crippen molar-refractivity contribution in [1.82, 2.24) is 0 Å². The van der Waals surface area contributed by atoms with Crippen LogP contribution < -0.4 is 10.5 Å². The quantitative estimate of drug-likeness (QED) is 0.784. The van der Waals surface area contributed by atoms with E-state index in [9.17, 15) is 12.8 Å². The molecule has 2 rings (SSSR count). The molecular formula is C11H9Br2FN2O3S. The van der Waals surface area contributed by atoms with Crippen molar-refractivity contribution in [3.05, 3.63) is 45.0 Å². The Kier molecular flexibility index (Phi) is 4.52. The molecular weight excluding hydrogens is 419 g/mol. The summed E-state index contributed by atoms with van der Waals surface area (Å²) in [6, 6.07) is 5.22. The number of nitrogens with two attached hydrogens (primary N) is 1. The summed E-state index contributed by atoms with van der Waals surface area (Å²) in [6.07, 6.45) is 0. The highest BCUT2D eigenvalue weighted by Crippen LogP contribution is 2.29. The number of nitrogens with one attached hydrogen (secondary N) is 1. The summed E-state index contributed by atoms with van der Waals surface area (Å²) < 4.78 is 45.8. The normalized spacial score (nSPS) is 11.6. The number of halogens is 3. The molecule has 2 aromatic rings. The van der Waals surface area contributed by atoms with Crippen LogP contribution in [0.2, 0.25) is 0 Å². The van der Waals surface area contributed by atoms with Crippen LogP contribution in [0.5, 0.6) is 0 Å². The standard InChI is InChI=1S/C11H9Br2FN2O3S/c12-6-1-2-8(14)9(3-6)16-20(17,18)10-4-7(5-15)19-11(10)13/h1-4,16H,5,15H2. The highest BCUT2D eigenvalue weighted by Gasteiger charge is 2.23. The van der Waals surface area contributed by atoms with Crippen LogP contribution in [0.3, 0.4) is 0 Å². The number of sulfonamides is 1. The first-order chi connectivity index (χ1) is 9.33. The number of anilines is 1. The molecule has 9 heteroatoms. The summed E-state index contributed by atoms with van der Waals surface area (Å²) in [6.45, 7) is 0.0549. The number of hydrogen-bond donors (Lipinski definition) is 2. The molecule has 0 spiro atoms. The van der Waals surface area contributed by atoms with Gasteiger partial charge in [0.15, 0.2) is 4.67 Å². The minimum Gasteiger partial charge on any atom is -0.452 e. The van der Waals surface area contributed by atoms with Crippen molar-refractivity contribution in [2.75, 3.05) is 4.72 Å². The largest absolute Gasteiger partial charge is 0.452 e. The predicted octanol–water partition coefficient (Wildman–Crippen LogP) is 3.20.